The average molecular weight is 242 g/mol. The van der Waals surface area contributed by atoms with E-state index in [9.17, 15) is 9.59 Å². The van der Waals surface area contributed by atoms with Crippen molar-refractivity contribution in [2.24, 2.45) is 0 Å². The fourth-order valence-corrected chi connectivity index (χ4v) is 1.98. The molecule has 0 aliphatic heterocycles. The molecule has 0 amide bonds. The van der Waals surface area contributed by atoms with Gasteiger partial charge in [-0.15, -0.1) is 0 Å². The van der Waals surface area contributed by atoms with Crippen molar-refractivity contribution in [2.75, 3.05) is 0 Å². The summed E-state index contributed by atoms with van der Waals surface area (Å²) in [5.74, 6) is 0. The maximum Gasteiger partial charge on any atom is 0.337 e. The van der Waals surface area contributed by atoms with E-state index in [1.54, 1.807) is 19.1 Å². The molecule has 3 rings (SSSR count). The summed E-state index contributed by atoms with van der Waals surface area (Å²) in [6.45, 7) is 1.71. The Balaban J connectivity index is 2.41. The average Bonchev–Trinajstić information content (AvgIpc) is 2.67. The largest absolute Gasteiger partial charge is 0.404 e. The van der Waals surface area contributed by atoms with Crippen LogP contribution in [-0.4, -0.2) is 9.78 Å². The minimum absolute atomic E-state index is 0.203. The van der Waals surface area contributed by atoms with Crippen LogP contribution in [0.25, 0.3) is 16.8 Å². The van der Waals surface area contributed by atoms with Gasteiger partial charge in [-0.25, -0.2) is 9.48 Å². The van der Waals surface area contributed by atoms with E-state index in [1.165, 1.54) is 10.7 Å². The molecule has 2 heterocycles. The molecule has 5 heteroatoms. The molecule has 0 saturated carbocycles. The third-order valence-electron chi connectivity index (χ3n) is 2.80. The summed E-state index contributed by atoms with van der Waals surface area (Å²) >= 11 is 0. The molecule has 0 unspecified atom stereocenters. The van der Waals surface area contributed by atoms with E-state index in [4.69, 9.17) is 4.42 Å². The van der Waals surface area contributed by atoms with Crippen LogP contribution >= 0.6 is 0 Å². The first-order valence-corrected chi connectivity index (χ1v) is 5.48. The van der Waals surface area contributed by atoms with E-state index < -0.39 is 5.63 Å². The molecule has 0 spiro atoms. The molecule has 0 radical (unpaired) electrons. The Morgan fingerprint density at radius 3 is 2.61 bits per heavy atom. The van der Waals surface area contributed by atoms with Crippen LogP contribution in [0.15, 0.2) is 50.4 Å². The van der Waals surface area contributed by atoms with Gasteiger partial charge in [0.05, 0.1) is 5.69 Å². The number of hydrogen-bond donors (Lipinski definition) is 1. The standard InChI is InChI=1S/C13H10N2O3/c1-8-7-10(16)18-12-11(8)13(17)15(14-12)9-5-3-2-4-6-9/h2-7,14H,1H3. The number of nitrogens with one attached hydrogen (secondary N) is 1. The summed E-state index contributed by atoms with van der Waals surface area (Å²) in [4.78, 5) is 23.5. The number of aromatic nitrogens is 2. The summed E-state index contributed by atoms with van der Waals surface area (Å²) in [5.41, 5.74) is 0.811. The van der Waals surface area contributed by atoms with Gasteiger partial charge in [-0.3, -0.25) is 9.89 Å². The predicted molar refractivity (Wildman–Crippen MR) is 67.2 cm³/mol. The third-order valence-corrected chi connectivity index (χ3v) is 2.80. The topological polar surface area (TPSA) is 68.0 Å². The van der Waals surface area contributed by atoms with Gasteiger partial charge in [0.1, 0.15) is 5.39 Å². The number of fused-ring (bicyclic) bond motifs is 1. The number of hydrogen-bond acceptors (Lipinski definition) is 3. The quantitative estimate of drug-likeness (QED) is 0.704. The molecular weight excluding hydrogens is 232 g/mol. The number of para-hydroxylation sites is 1. The van der Waals surface area contributed by atoms with E-state index in [0.717, 1.165) is 0 Å². The predicted octanol–water partition coefficient (Wildman–Crippen LogP) is 1.58. The number of H-pyrrole nitrogens is 1. The van der Waals surface area contributed by atoms with Crippen LogP contribution in [0, 0.1) is 6.92 Å². The number of nitrogens with zero attached hydrogens (tertiary/aromatic N) is 1. The van der Waals surface area contributed by atoms with E-state index >= 15 is 0 Å². The molecule has 0 aliphatic carbocycles. The van der Waals surface area contributed by atoms with Crippen LogP contribution in [-0.2, 0) is 0 Å². The first kappa shape index (κ1) is 10.6. The lowest BCUT2D eigenvalue weighted by atomic mass is 10.2. The smallest absolute Gasteiger partial charge is 0.337 e. The van der Waals surface area contributed by atoms with E-state index in [0.29, 0.717) is 16.6 Å². The van der Waals surface area contributed by atoms with Gasteiger partial charge in [0.15, 0.2) is 0 Å². The van der Waals surface area contributed by atoms with E-state index in [2.05, 4.69) is 5.10 Å². The minimum Gasteiger partial charge on any atom is -0.404 e. The normalized spacial score (nSPS) is 10.9. The molecule has 2 aromatic heterocycles. The van der Waals surface area contributed by atoms with E-state index in [1.807, 2.05) is 18.2 Å². The van der Waals surface area contributed by atoms with Crippen LogP contribution in [0.4, 0.5) is 0 Å². The Morgan fingerprint density at radius 1 is 1.17 bits per heavy atom. The van der Waals surface area contributed by atoms with Gasteiger partial charge < -0.3 is 4.42 Å². The molecule has 90 valence electrons. The maximum absolute atomic E-state index is 12.2. The SMILES string of the molecule is Cc1cc(=O)oc2[nH]n(-c3ccccc3)c(=O)c12. The highest BCUT2D eigenvalue weighted by molar-refractivity contribution is 5.76. The second-order valence-corrected chi connectivity index (χ2v) is 4.04. The van der Waals surface area contributed by atoms with Crippen LogP contribution in [0.2, 0.25) is 0 Å². The van der Waals surface area contributed by atoms with Gasteiger partial charge in [-0.1, -0.05) is 18.2 Å². The zero-order valence-corrected chi connectivity index (χ0v) is 9.64. The van der Waals surface area contributed by atoms with Gasteiger partial charge in [0.25, 0.3) is 5.56 Å². The highest BCUT2D eigenvalue weighted by Gasteiger charge is 2.12. The zero-order chi connectivity index (χ0) is 12.7. The monoisotopic (exact) mass is 242 g/mol. The molecular formula is C13H10N2O3. The Kier molecular flexibility index (Phi) is 2.19. The number of aryl methyl sites for hydroxylation is 1. The van der Waals surface area contributed by atoms with Crippen molar-refractivity contribution in [3.63, 3.8) is 0 Å². The fraction of sp³-hybridized carbons (Fsp3) is 0.0769. The number of benzene rings is 1. The molecule has 0 aliphatic rings. The van der Waals surface area contributed by atoms with Crippen molar-refractivity contribution in [1.82, 2.24) is 9.78 Å². The van der Waals surface area contributed by atoms with E-state index in [-0.39, 0.29) is 11.3 Å². The van der Waals surface area contributed by atoms with Crippen molar-refractivity contribution in [2.45, 2.75) is 6.92 Å². The molecule has 0 atom stereocenters. The van der Waals surface area contributed by atoms with Crippen molar-refractivity contribution in [1.29, 1.82) is 0 Å². The lowest BCUT2D eigenvalue weighted by Crippen LogP contribution is -2.14. The van der Waals surface area contributed by atoms with Crippen LogP contribution in [0.3, 0.4) is 0 Å². The summed E-state index contributed by atoms with van der Waals surface area (Å²) in [7, 11) is 0. The number of aromatic amines is 1. The molecule has 0 bridgehead atoms. The van der Waals surface area contributed by atoms with Gasteiger partial charge in [-0.05, 0) is 24.6 Å². The molecule has 1 aromatic carbocycles. The van der Waals surface area contributed by atoms with Crippen molar-refractivity contribution >= 4 is 11.1 Å². The Labute approximate surface area is 101 Å². The first-order chi connectivity index (χ1) is 8.66. The fourth-order valence-electron chi connectivity index (χ4n) is 1.98. The highest BCUT2D eigenvalue weighted by Crippen LogP contribution is 2.12. The van der Waals surface area contributed by atoms with Gasteiger partial charge in [-0.2, -0.15) is 0 Å². The molecule has 5 nitrogen and oxygen atoms in total. The second-order valence-electron chi connectivity index (χ2n) is 4.04. The zero-order valence-electron chi connectivity index (χ0n) is 9.64. The van der Waals surface area contributed by atoms with Gasteiger partial charge in [0.2, 0.25) is 5.71 Å². The van der Waals surface area contributed by atoms with Gasteiger partial charge >= 0.3 is 5.63 Å². The van der Waals surface area contributed by atoms with Gasteiger partial charge in [0, 0.05) is 6.07 Å². The molecule has 3 aromatic rings. The molecule has 0 saturated heterocycles. The summed E-state index contributed by atoms with van der Waals surface area (Å²) in [6.07, 6.45) is 0. The lowest BCUT2D eigenvalue weighted by molar-refractivity contribution is 0.543. The maximum atomic E-state index is 12.2. The second kappa shape index (κ2) is 3.73. The summed E-state index contributed by atoms with van der Waals surface area (Å²) in [6, 6.07) is 10.4. The Hall–Kier alpha value is -2.56. The van der Waals surface area contributed by atoms with Crippen LogP contribution < -0.4 is 11.2 Å². The van der Waals surface area contributed by atoms with Crippen LogP contribution in [0.1, 0.15) is 5.56 Å². The van der Waals surface area contributed by atoms with Crippen molar-refractivity contribution in [3.05, 3.63) is 62.7 Å². The third kappa shape index (κ3) is 1.48. The van der Waals surface area contributed by atoms with Crippen molar-refractivity contribution in [3.8, 4) is 5.69 Å². The minimum atomic E-state index is -0.471. The molecule has 0 fully saturated rings. The molecule has 1 N–H and O–H groups in total. The first-order valence-electron chi connectivity index (χ1n) is 5.48. The van der Waals surface area contributed by atoms with Crippen molar-refractivity contribution < 1.29 is 4.42 Å². The highest BCUT2D eigenvalue weighted by atomic mass is 16.4. The summed E-state index contributed by atoms with van der Waals surface area (Å²) in [5, 5.41) is 3.20. The Bertz CT molecular complexity index is 825. The molecule has 18 heavy (non-hydrogen) atoms. The summed E-state index contributed by atoms with van der Waals surface area (Å²) < 4.78 is 6.36. The number of rotatable bonds is 1. The lowest BCUT2D eigenvalue weighted by Gasteiger charge is -1.98. The van der Waals surface area contributed by atoms with Crippen LogP contribution in [0.5, 0.6) is 0 Å². The Morgan fingerprint density at radius 2 is 1.89 bits per heavy atom.